The molecule has 162 valence electrons. The fraction of sp³-hybridized carbons (Fsp3) is 0.550. The van der Waals surface area contributed by atoms with Crippen LogP contribution in [-0.4, -0.2) is 52.2 Å². The first-order valence-corrected chi connectivity index (χ1v) is 9.80. The van der Waals surface area contributed by atoms with E-state index in [-0.39, 0.29) is 29.4 Å². The van der Waals surface area contributed by atoms with Crippen LogP contribution < -0.4 is 11.2 Å². The van der Waals surface area contributed by atoms with Crippen molar-refractivity contribution in [1.82, 2.24) is 4.90 Å². The average molecular weight is 420 g/mol. The standard InChI is InChI=1S/C20H26BFN2O6/c1-10-15-11(18(28)24(10)13(17(23)27)8-9-14(25)26)6-7-12(16(15)22)21-29-19(2,3)20(4,5)30-21/h6-7,10,13H,8-9H2,1-5H3,(H2,23,27)(H,25,26). The third kappa shape index (κ3) is 3.48. The molecule has 0 aliphatic carbocycles. The van der Waals surface area contributed by atoms with Gasteiger partial charge in [0.25, 0.3) is 5.91 Å². The molecule has 2 aliphatic heterocycles. The lowest BCUT2D eigenvalue weighted by molar-refractivity contribution is -0.137. The second kappa shape index (κ2) is 7.35. The Morgan fingerprint density at radius 3 is 2.33 bits per heavy atom. The normalized spacial score (nSPS) is 22.9. The van der Waals surface area contributed by atoms with Crippen molar-refractivity contribution in [2.75, 3.05) is 0 Å². The molecule has 30 heavy (non-hydrogen) atoms. The van der Waals surface area contributed by atoms with Gasteiger partial charge in [0.15, 0.2) is 0 Å². The molecule has 2 atom stereocenters. The van der Waals surface area contributed by atoms with E-state index >= 15 is 4.39 Å². The van der Waals surface area contributed by atoms with E-state index in [0.29, 0.717) is 0 Å². The van der Waals surface area contributed by atoms with Crippen molar-refractivity contribution >= 4 is 30.4 Å². The molecule has 1 aromatic carbocycles. The van der Waals surface area contributed by atoms with Crippen LogP contribution in [0.3, 0.4) is 0 Å². The molecule has 2 unspecified atom stereocenters. The number of rotatable bonds is 6. The molecular weight excluding hydrogens is 394 g/mol. The van der Waals surface area contributed by atoms with Crippen LogP contribution in [0, 0.1) is 5.82 Å². The molecule has 3 N–H and O–H groups in total. The van der Waals surface area contributed by atoms with Gasteiger partial charge in [-0.1, -0.05) is 6.07 Å². The first kappa shape index (κ1) is 22.2. The van der Waals surface area contributed by atoms with Gasteiger partial charge in [0.1, 0.15) is 11.9 Å². The summed E-state index contributed by atoms with van der Waals surface area (Å²) in [4.78, 5) is 37.0. The molecule has 1 saturated heterocycles. The summed E-state index contributed by atoms with van der Waals surface area (Å²) < 4.78 is 27.4. The molecule has 0 aromatic heterocycles. The van der Waals surface area contributed by atoms with Crippen LogP contribution in [0.5, 0.6) is 0 Å². The van der Waals surface area contributed by atoms with Gasteiger partial charge in [-0.2, -0.15) is 0 Å². The fourth-order valence-corrected chi connectivity index (χ4v) is 3.90. The molecule has 0 radical (unpaired) electrons. The Balaban J connectivity index is 1.97. The minimum atomic E-state index is -1.16. The summed E-state index contributed by atoms with van der Waals surface area (Å²) >= 11 is 0. The van der Waals surface area contributed by atoms with Crippen molar-refractivity contribution < 1.29 is 33.2 Å². The first-order chi connectivity index (χ1) is 13.8. The third-order valence-corrected chi connectivity index (χ3v) is 6.31. The Morgan fingerprint density at radius 1 is 1.27 bits per heavy atom. The molecular formula is C20H26BFN2O6. The molecule has 2 aliphatic rings. The van der Waals surface area contributed by atoms with Crippen molar-refractivity contribution in [3.05, 3.63) is 29.1 Å². The van der Waals surface area contributed by atoms with Crippen LogP contribution in [-0.2, 0) is 18.9 Å². The van der Waals surface area contributed by atoms with E-state index in [9.17, 15) is 14.4 Å². The van der Waals surface area contributed by atoms with Crippen molar-refractivity contribution in [3.8, 4) is 0 Å². The Kier molecular flexibility index (Phi) is 5.45. The number of aliphatic carboxylic acids is 1. The number of benzene rings is 1. The van der Waals surface area contributed by atoms with E-state index in [0.717, 1.165) is 4.90 Å². The zero-order valence-corrected chi connectivity index (χ0v) is 17.7. The lowest BCUT2D eigenvalue weighted by atomic mass is 9.76. The number of hydrogen-bond donors (Lipinski definition) is 2. The van der Waals surface area contributed by atoms with Gasteiger partial charge in [0, 0.05) is 23.0 Å². The number of hydrogen-bond acceptors (Lipinski definition) is 5. The summed E-state index contributed by atoms with van der Waals surface area (Å²) in [5, 5.41) is 8.94. The maximum absolute atomic E-state index is 15.6. The average Bonchev–Trinajstić information content (AvgIpc) is 2.98. The van der Waals surface area contributed by atoms with Crippen LogP contribution in [0.25, 0.3) is 0 Å². The summed E-state index contributed by atoms with van der Waals surface area (Å²) in [5.41, 5.74) is 4.50. The molecule has 1 fully saturated rings. The first-order valence-electron chi connectivity index (χ1n) is 9.80. The molecule has 0 bridgehead atoms. The second-order valence-corrected chi connectivity index (χ2v) is 8.76. The van der Waals surface area contributed by atoms with E-state index in [1.54, 1.807) is 6.92 Å². The van der Waals surface area contributed by atoms with Crippen molar-refractivity contribution in [2.45, 2.75) is 70.7 Å². The van der Waals surface area contributed by atoms with Crippen LogP contribution in [0.4, 0.5) is 4.39 Å². The SMILES string of the molecule is CC1c2c(ccc(B3OC(C)(C)C(C)(C)O3)c2F)C(=O)N1C(CCC(=O)O)C(N)=O. The smallest absolute Gasteiger partial charge is 0.481 e. The zero-order valence-electron chi connectivity index (χ0n) is 17.7. The monoisotopic (exact) mass is 420 g/mol. The van der Waals surface area contributed by atoms with Crippen LogP contribution >= 0.6 is 0 Å². The molecule has 0 saturated carbocycles. The lowest BCUT2D eigenvalue weighted by Gasteiger charge is -2.32. The minimum absolute atomic E-state index is 0.113. The number of carbonyl (C=O) groups excluding carboxylic acids is 2. The van der Waals surface area contributed by atoms with Crippen LogP contribution in [0.2, 0.25) is 0 Å². The van der Waals surface area contributed by atoms with Gasteiger partial charge >= 0.3 is 13.1 Å². The van der Waals surface area contributed by atoms with E-state index in [2.05, 4.69) is 0 Å². The second-order valence-electron chi connectivity index (χ2n) is 8.76. The van der Waals surface area contributed by atoms with Gasteiger partial charge in [-0.05, 0) is 47.1 Å². The number of nitrogens with zero attached hydrogens (tertiary/aromatic N) is 1. The summed E-state index contributed by atoms with van der Waals surface area (Å²) in [6.45, 7) is 8.99. The number of nitrogens with two attached hydrogens (primary N) is 1. The molecule has 8 nitrogen and oxygen atoms in total. The summed E-state index contributed by atoms with van der Waals surface area (Å²) in [5.74, 6) is -3.16. The van der Waals surface area contributed by atoms with Crippen molar-refractivity contribution in [2.24, 2.45) is 5.73 Å². The number of primary amides is 1. The summed E-state index contributed by atoms with van der Waals surface area (Å²) in [6, 6.07) is 0.963. The van der Waals surface area contributed by atoms with E-state index in [1.807, 2.05) is 27.7 Å². The van der Waals surface area contributed by atoms with Gasteiger partial charge in [0.05, 0.1) is 17.2 Å². The summed E-state index contributed by atoms with van der Waals surface area (Å²) in [7, 11) is -0.949. The zero-order chi connectivity index (χ0) is 22.6. The number of halogens is 1. The fourth-order valence-electron chi connectivity index (χ4n) is 3.90. The third-order valence-electron chi connectivity index (χ3n) is 6.31. The number of fused-ring (bicyclic) bond motifs is 1. The predicted molar refractivity (Wildman–Crippen MR) is 107 cm³/mol. The topological polar surface area (TPSA) is 119 Å². The predicted octanol–water partition coefficient (Wildman–Crippen LogP) is 1.36. The van der Waals surface area contributed by atoms with Crippen LogP contribution in [0.15, 0.2) is 12.1 Å². The Hall–Kier alpha value is -2.46. The lowest BCUT2D eigenvalue weighted by Crippen LogP contribution is -2.46. The van der Waals surface area contributed by atoms with Gasteiger partial charge in [0.2, 0.25) is 5.91 Å². The maximum Gasteiger partial charge on any atom is 0.497 e. The Morgan fingerprint density at radius 2 is 1.83 bits per heavy atom. The maximum atomic E-state index is 15.6. The highest BCUT2D eigenvalue weighted by molar-refractivity contribution is 6.62. The number of carbonyl (C=O) groups is 3. The van der Waals surface area contributed by atoms with Gasteiger partial charge in [-0.15, -0.1) is 0 Å². The Bertz CT molecular complexity index is 903. The van der Waals surface area contributed by atoms with Gasteiger partial charge in [-0.25, -0.2) is 4.39 Å². The molecule has 2 heterocycles. The molecule has 3 rings (SSSR count). The quantitative estimate of drug-likeness (QED) is 0.671. The minimum Gasteiger partial charge on any atom is -0.481 e. The molecule has 1 aromatic rings. The number of carboxylic acid groups (broad SMARTS) is 1. The van der Waals surface area contributed by atoms with E-state index in [4.69, 9.17) is 20.1 Å². The van der Waals surface area contributed by atoms with Gasteiger partial charge < -0.3 is 25.0 Å². The van der Waals surface area contributed by atoms with E-state index in [1.165, 1.54) is 12.1 Å². The van der Waals surface area contributed by atoms with Crippen molar-refractivity contribution in [3.63, 3.8) is 0 Å². The highest BCUT2D eigenvalue weighted by Gasteiger charge is 2.53. The summed E-state index contributed by atoms with van der Waals surface area (Å²) in [6.07, 6.45) is -0.497. The number of carboxylic acids is 1. The molecule has 10 heteroatoms. The van der Waals surface area contributed by atoms with Gasteiger partial charge in [-0.3, -0.25) is 14.4 Å². The Labute approximate surface area is 174 Å². The van der Waals surface area contributed by atoms with Crippen molar-refractivity contribution in [1.29, 1.82) is 0 Å². The highest BCUT2D eigenvalue weighted by atomic mass is 19.1. The largest absolute Gasteiger partial charge is 0.497 e. The highest BCUT2D eigenvalue weighted by Crippen LogP contribution is 2.40. The molecule has 2 amide bonds. The van der Waals surface area contributed by atoms with E-state index < -0.39 is 54.0 Å². The molecule has 0 spiro atoms. The number of amides is 2. The van der Waals surface area contributed by atoms with Crippen LogP contribution in [0.1, 0.15) is 69.4 Å².